The molecule has 2 aromatic rings. The van der Waals surface area contributed by atoms with Gasteiger partial charge in [0, 0.05) is 22.8 Å². The van der Waals surface area contributed by atoms with Crippen LogP contribution in [0.15, 0.2) is 64.4 Å². The number of hydrogen-bond acceptors (Lipinski definition) is 6. The van der Waals surface area contributed by atoms with E-state index in [2.05, 4.69) is 0 Å². The number of methoxy groups -OCH3 is 1. The van der Waals surface area contributed by atoms with E-state index < -0.39 is 6.10 Å². The van der Waals surface area contributed by atoms with Gasteiger partial charge in [-0.25, -0.2) is 0 Å². The Morgan fingerprint density at radius 3 is 2.21 bits per heavy atom. The first-order chi connectivity index (χ1) is 14.2. The molecular weight excluding hydrogens is 404 g/mol. The molecule has 0 fully saturated rings. The van der Waals surface area contributed by atoms with Crippen LogP contribution < -0.4 is 4.74 Å². The molecule has 0 aliphatic carbocycles. The maximum Gasteiger partial charge on any atom is 0.118 e. The summed E-state index contributed by atoms with van der Waals surface area (Å²) in [6.45, 7) is 2.01. The first-order valence-electron chi connectivity index (χ1n) is 9.72. The molecule has 0 spiro atoms. The molecule has 1 atom stereocenters. The van der Waals surface area contributed by atoms with Gasteiger partial charge in [0.2, 0.25) is 0 Å². The highest BCUT2D eigenvalue weighted by atomic mass is 32.2. The van der Waals surface area contributed by atoms with Crippen LogP contribution in [-0.2, 0) is 22.7 Å². The third kappa shape index (κ3) is 7.72. The molecule has 0 radical (unpaired) electrons. The third-order valence-corrected chi connectivity index (χ3v) is 7.13. The Morgan fingerprint density at radius 1 is 0.828 bits per heavy atom. The zero-order valence-electron chi connectivity index (χ0n) is 16.7. The molecule has 0 unspecified atom stereocenters. The Labute approximate surface area is 181 Å². The van der Waals surface area contributed by atoms with Crippen molar-refractivity contribution in [1.82, 2.24) is 0 Å². The van der Waals surface area contributed by atoms with Gasteiger partial charge in [0.05, 0.1) is 39.6 Å². The summed E-state index contributed by atoms with van der Waals surface area (Å²) in [4.78, 5) is 2.46. The summed E-state index contributed by atoms with van der Waals surface area (Å²) in [7, 11) is 1.67. The molecule has 1 aliphatic heterocycles. The molecule has 0 bridgehead atoms. The van der Waals surface area contributed by atoms with E-state index in [1.165, 1.54) is 9.81 Å². The Kier molecular flexibility index (Phi) is 9.44. The van der Waals surface area contributed by atoms with E-state index >= 15 is 0 Å². The van der Waals surface area contributed by atoms with Crippen LogP contribution in [0.2, 0.25) is 0 Å². The van der Waals surface area contributed by atoms with E-state index in [4.69, 9.17) is 14.2 Å². The van der Waals surface area contributed by atoms with Gasteiger partial charge in [-0.05, 0) is 28.2 Å². The average Bonchev–Trinajstić information content (AvgIpc) is 2.76. The summed E-state index contributed by atoms with van der Waals surface area (Å²) in [5.74, 6) is 3.00. The number of aliphatic hydroxyl groups is 1. The highest BCUT2D eigenvalue weighted by molar-refractivity contribution is 8.10. The lowest BCUT2D eigenvalue weighted by Crippen LogP contribution is -2.17. The number of ether oxygens (including phenoxy) is 3. The molecule has 0 amide bonds. The molecule has 0 saturated carbocycles. The quantitative estimate of drug-likeness (QED) is 0.547. The first-order valence-corrected chi connectivity index (χ1v) is 11.7. The summed E-state index contributed by atoms with van der Waals surface area (Å²) in [5, 5.41) is 10.4. The summed E-state index contributed by atoms with van der Waals surface area (Å²) in [6.07, 6.45) is 0.115. The van der Waals surface area contributed by atoms with Crippen molar-refractivity contribution in [2.45, 2.75) is 25.7 Å². The van der Waals surface area contributed by atoms with Crippen molar-refractivity contribution >= 4 is 23.5 Å². The summed E-state index contributed by atoms with van der Waals surface area (Å²) < 4.78 is 16.8. The first kappa shape index (κ1) is 22.2. The predicted octanol–water partition coefficient (Wildman–Crippen LogP) is 4.87. The van der Waals surface area contributed by atoms with Crippen LogP contribution in [0, 0.1) is 0 Å². The molecule has 4 nitrogen and oxygen atoms in total. The van der Waals surface area contributed by atoms with Crippen molar-refractivity contribution in [3.63, 3.8) is 0 Å². The van der Waals surface area contributed by atoms with E-state index in [0.717, 1.165) is 28.4 Å². The van der Waals surface area contributed by atoms with E-state index in [0.29, 0.717) is 32.8 Å². The summed E-state index contributed by atoms with van der Waals surface area (Å²) in [5.41, 5.74) is 2.24. The third-order valence-electron chi connectivity index (χ3n) is 4.45. The fourth-order valence-electron chi connectivity index (χ4n) is 2.93. The van der Waals surface area contributed by atoms with Gasteiger partial charge in [0.15, 0.2) is 0 Å². The SMILES string of the molecule is COc1ccc(COCC2=C(C[C@@H](O)COCc3ccccc3)SCCS2)cc1. The fourth-order valence-corrected chi connectivity index (χ4v) is 5.38. The van der Waals surface area contributed by atoms with Crippen LogP contribution >= 0.6 is 23.5 Å². The highest BCUT2D eigenvalue weighted by Gasteiger charge is 2.18. The number of benzene rings is 2. The minimum atomic E-state index is -0.503. The number of thioether (sulfide) groups is 2. The van der Waals surface area contributed by atoms with Gasteiger partial charge < -0.3 is 19.3 Å². The van der Waals surface area contributed by atoms with Gasteiger partial charge in [0.25, 0.3) is 0 Å². The van der Waals surface area contributed by atoms with Crippen LogP contribution in [0.4, 0.5) is 0 Å². The molecule has 1 heterocycles. The molecule has 1 N–H and O–H groups in total. The number of aliphatic hydroxyl groups excluding tert-OH is 1. The maximum atomic E-state index is 10.4. The number of rotatable bonds is 11. The van der Waals surface area contributed by atoms with Crippen molar-refractivity contribution in [3.8, 4) is 5.75 Å². The molecule has 2 aromatic carbocycles. The molecular formula is C23H28O4S2. The average molecular weight is 433 g/mol. The normalized spacial score (nSPS) is 15.4. The molecule has 0 aromatic heterocycles. The van der Waals surface area contributed by atoms with Crippen molar-refractivity contribution in [2.24, 2.45) is 0 Å². The second-order valence-corrected chi connectivity index (χ2v) is 9.12. The minimum absolute atomic E-state index is 0.337. The largest absolute Gasteiger partial charge is 0.497 e. The second-order valence-electron chi connectivity index (χ2n) is 6.74. The van der Waals surface area contributed by atoms with Crippen molar-refractivity contribution in [3.05, 3.63) is 75.5 Å². The van der Waals surface area contributed by atoms with Crippen LogP contribution in [0.1, 0.15) is 17.5 Å². The van der Waals surface area contributed by atoms with Crippen LogP contribution in [0.3, 0.4) is 0 Å². The predicted molar refractivity (Wildman–Crippen MR) is 121 cm³/mol. The van der Waals surface area contributed by atoms with Crippen molar-refractivity contribution in [1.29, 1.82) is 0 Å². The van der Waals surface area contributed by atoms with Crippen LogP contribution in [0.5, 0.6) is 5.75 Å². The monoisotopic (exact) mass is 432 g/mol. The van der Waals surface area contributed by atoms with Gasteiger partial charge in [-0.3, -0.25) is 0 Å². The zero-order chi connectivity index (χ0) is 20.3. The lowest BCUT2D eigenvalue weighted by molar-refractivity contribution is 0.0295. The van der Waals surface area contributed by atoms with E-state index in [1.54, 1.807) is 7.11 Å². The topological polar surface area (TPSA) is 47.9 Å². The lowest BCUT2D eigenvalue weighted by atomic mass is 10.2. The van der Waals surface area contributed by atoms with Crippen LogP contribution in [0.25, 0.3) is 0 Å². The molecule has 6 heteroatoms. The molecule has 3 rings (SSSR count). The lowest BCUT2D eigenvalue weighted by Gasteiger charge is -2.21. The van der Waals surface area contributed by atoms with E-state index in [9.17, 15) is 5.11 Å². The maximum absolute atomic E-state index is 10.4. The standard InChI is InChI=1S/C23H28O4S2/c1-25-21-9-7-19(8-10-21)15-27-17-23-22(28-11-12-29-23)13-20(24)16-26-14-18-5-3-2-4-6-18/h2-10,20,24H,11-17H2,1H3/t20-/m1/s1. The molecule has 1 aliphatic rings. The minimum Gasteiger partial charge on any atom is -0.497 e. The summed E-state index contributed by atoms with van der Waals surface area (Å²) >= 11 is 3.66. The van der Waals surface area contributed by atoms with E-state index in [-0.39, 0.29) is 0 Å². The molecule has 0 saturated heterocycles. The second kappa shape index (κ2) is 12.3. The van der Waals surface area contributed by atoms with Gasteiger partial charge >= 0.3 is 0 Å². The number of hydrogen-bond donors (Lipinski definition) is 1. The Morgan fingerprint density at radius 2 is 1.48 bits per heavy atom. The van der Waals surface area contributed by atoms with Crippen molar-refractivity contribution in [2.75, 3.05) is 31.8 Å². The molecule has 29 heavy (non-hydrogen) atoms. The Balaban J connectivity index is 1.44. The van der Waals surface area contributed by atoms with Crippen molar-refractivity contribution < 1.29 is 19.3 Å². The fraction of sp³-hybridized carbons (Fsp3) is 0.391. The smallest absolute Gasteiger partial charge is 0.118 e. The van der Waals surface area contributed by atoms with Gasteiger partial charge in [-0.2, -0.15) is 0 Å². The summed E-state index contributed by atoms with van der Waals surface area (Å²) in [6, 6.07) is 18.0. The van der Waals surface area contributed by atoms with Crippen LogP contribution in [-0.4, -0.2) is 43.0 Å². The van der Waals surface area contributed by atoms with Gasteiger partial charge in [-0.1, -0.05) is 42.5 Å². The highest BCUT2D eigenvalue weighted by Crippen LogP contribution is 2.37. The van der Waals surface area contributed by atoms with Gasteiger partial charge in [0.1, 0.15) is 5.75 Å². The van der Waals surface area contributed by atoms with E-state index in [1.807, 2.05) is 78.1 Å². The zero-order valence-corrected chi connectivity index (χ0v) is 18.3. The Hall–Kier alpha value is -1.44. The molecule has 156 valence electrons. The Bertz CT molecular complexity index is 762. The van der Waals surface area contributed by atoms with Gasteiger partial charge in [-0.15, -0.1) is 23.5 Å².